The fourth-order valence-electron chi connectivity index (χ4n) is 5.31. The molecule has 14 heteroatoms. The summed E-state index contributed by atoms with van der Waals surface area (Å²) in [5.41, 5.74) is 3.18. The molecule has 0 bridgehead atoms. The van der Waals surface area contributed by atoms with Gasteiger partial charge in [0.1, 0.15) is 40.1 Å². The summed E-state index contributed by atoms with van der Waals surface area (Å²) in [6.45, 7) is 7.73. The van der Waals surface area contributed by atoms with E-state index in [0.717, 1.165) is 43.7 Å². The average Bonchev–Trinajstić information content (AvgIpc) is 3.72. The van der Waals surface area contributed by atoms with Crippen molar-refractivity contribution < 1.29 is 27.8 Å². The van der Waals surface area contributed by atoms with Crippen LogP contribution in [0.4, 0.5) is 13.6 Å². The highest BCUT2D eigenvalue weighted by molar-refractivity contribution is 9.10. The number of nitrogens with one attached hydrogen (secondary N) is 3. The normalized spacial score (nSPS) is 11.3. The van der Waals surface area contributed by atoms with Crippen LogP contribution >= 0.6 is 31.9 Å². The van der Waals surface area contributed by atoms with Crippen molar-refractivity contribution >= 4 is 59.8 Å². The minimum Gasteiger partial charge on any atom is -0.493 e. The molecule has 0 aliphatic rings. The molecule has 1 amide bonds. The van der Waals surface area contributed by atoms with Crippen molar-refractivity contribution in [3.63, 3.8) is 0 Å². The Hall–Kier alpha value is -4.53. The van der Waals surface area contributed by atoms with Crippen LogP contribution in [0.2, 0.25) is 0 Å². The lowest BCUT2D eigenvalue weighted by Crippen LogP contribution is -2.35. The van der Waals surface area contributed by atoms with E-state index in [1.54, 1.807) is 31.3 Å². The van der Waals surface area contributed by atoms with E-state index in [9.17, 15) is 13.6 Å². The molecule has 0 atom stereocenters. The van der Waals surface area contributed by atoms with Crippen molar-refractivity contribution in [1.82, 2.24) is 30.6 Å². The predicted molar refractivity (Wildman–Crippen MR) is 211 cm³/mol. The van der Waals surface area contributed by atoms with Gasteiger partial charge < -0.3 is 24.4 Å². The number of benzene rings is 4. The van der Waals surface area contributed by atoms with Gasteiger partial charge in [-0.15, -0.1) is 0 Å². The number of nitrogens with zero attached hydrogens (tertiary/aromatic N) is 3. The number of fused-ring (bicyclic) bond motifs is 2. The Morgan fingerprint density at radius 1 is 0.774 bits per heavy atom. The van der Waals surface area contributed by atoms with Crippen LogP contribution in [0, 0.1) is 11.6 Å². The van der Waals surface area contributed by atoms with Gasteiger partial charge >= 0.3 is 6.09 Å². The Kier molecular flexibility index (Phi) is 13.5. The number of carbonyl (C=O) groups excluding carboxylic acids is 1. The number of amides is 1. The minimum absolute atomic E-state index is 0.340. The smallest absolute Gasteiger partial charge is 0.410 e. The number of aromatic amines is 2. The summed E-state index contributed by atoms with van der Waals surface area (Å²) in [5.74, 6) is 0.214. The SMILES string of the molecule is CN(CCCOc1ccc(-c2n[nH]c3cc(Br)ccc23)c(F)c1)C(=O)OC(C)(C)C.CNCCCOc1ccc(-c2n[nH]c3cc(Br)ccc23)c(F)c1. The summed E-state index contributed by atoms with van der Waals surface area (Å²) in [4.78, 5) is 13.4. The second-order valence-electron chi connectivity index (χ2n) is 13.2. The van der Waals surface area contributed by atoms with Gasteiger partial charge in [0.15, 0.2) is 0 Å². The van der Waals surface area contributed by atoms with Crippen molar-refractivity contribution in [3.05, 3.63) is 93.4 Å². The van der Waals surface area contributed by atoms with Gasteiger partial charge in [-0.3, -0.25) is 10.2 Å². The van der Waals surface area contributed by atoms with E-state index < -0.39 is 11.4 Å². The molecular formula is C39H42Br2F2N6O4. The van der Waals surface area contributed by atoms with E-state index >= 15 is 0 Å². The Bertz CT molecular complexity index is 2170. The molecule has 0 fully saturated rings. The molecule has 10 nitrogen and oxygen atoms in total. The Balaban J connectivity index is 0.000000211. The van der Waals surface area contributed by atoms with Gasteiger partial charge in [0.05, 0.1) is 24.2 Å². The highest BCUT2D eigenvalue weighted by Crippen LogP contribution is 2.33. The lowest BCUT2D eigenvalue weighted by atomic mass is 10.1. The van der Waals surface area contributed by atoms with Crippen LogP contribution in [-0.2, 0) is 4.74 Å². The van der Waals surface area contributed by atoms with Crippen LogP contribution < -0.4 is 14.8 Å². The number of H-pyrrole nitrogens is 2. The van der Waals surface area contributed by atoms with Crippen molar-refractivity contribution in [2.75, 3.05) is 40.4 Å². The largest absolute Gasteiger partial charge is 0.493 e. The summed E-state index contributed by atoms with van der Waals surface area (Å²) in [6, 6.07) is 21.1. The highest BCUT2D eigenvalue weighted by Gasteiger charge is 2.19. The molecule has 2 aromatic heterocycles. The second kappa shape index (κ2) is 18.0. The molecule has 280 valence electrons. The first-order chi connectivity index (χ1) is 25.3. The van der Waals surface area contributed by atoms with E-state index in [-0.39, 0.29) is 11.9 Å². The van der Waals surface area contributed by atoms with Gasteiger partial charge in [-0.05, 0) is 108 Å². The molecule has 0 unspecified atom stereocenters. The molecule has 6 aromatic rings. The maximum Gasteiger partial charge on any atom is 0.410 e. The number of aromatic nitrogens is 4. The van der Waals surface area contributed by atoms with Crippen molar-refractivity contribution in [3.8, 4) is 34.0 Å². The minimum atomic E-state index is -0.530. The van der Waals surface area contributed by atoms with Gasteiger partial charge in [-0.2, -0.15) is 10.2 Å². The Morgan fingerprint density at radius 2 is 1.26 bits per heavy atom. The van der Waals surface area contributed by atoms with Crippen LogP contribution in [0.5, 0.6) is 11.5 Å². The monoisotopic (exact) mass is 854 g/mol. The van der Waals surface area contributed by atoms with Gasteiger partial charge in [-0.25, -0.2) is 13.6 Å². The van der Waals surface area contributed by atoms with Crippen LogP contribution in [0.3, 0.4) is 0 Å². The van der Waals surface area contributed by atoms with E-state index in [0.29, 0.717) is 60.2 Å². The first-order valence-electron chi connectivity index (χ1n) is 17.0. The molecule has 0 saturated carbocycles. The third-order valence-corrected chi connectivity index (χ3v) is 8.88. The number of halogens is 4. The molecule has 3 N–H and O–H groups in total. The molecule has 4 aromatic carbocycles. The average molecular weight is 857 g/mol. The summed E-state index contributed by atoms with van der Waals surface area (Å²) in [5, 5.41) is 19.1. The summed E-state index contributed by atoms with van der Waals surface area (Å²) in [6.07, 6.45) is 1.09. The molecule has 0 aliphatic heterocycles. The van der Waals surface area contributed by atoms with E-state index in [4.69, 9.17) is 14.2 Å². The first kappa shape index (κ1) is 39.7. The predicted octanol–water partition coefficient (Wildman–Crippen LogP) is 9.89. The lowest BCUT2D eigenvalue weighted by Gasteiger charge is -2.24. The standard InChI is InChI=1S/C22H25BrFN3O3.C17H17BrFN3O/c1-22(2,3)30-21(28)27(4)10-5-11-29-15-7-9-16(18(24)13-15)20-17-8-6-14(23)12-19(17)25-26-20;1-20-7-2-8-23-12-4-6-13(15(19)10-12)17-14-5-3-11(18)9-16(14)21-22-17/h6-9,12-13H,5,10-11H2,1-4H3,(H,25,26);3-6,9-10,20H,2,7-8H2,1H3,(H,21,22). The summed E-state index contributed by atoms with van der Waals surface area (Å²) < 4.78 is 47.5. The molecule has 53 heavy (non-hydrogen) atoms. The Labute approximate surface area is 323 Å². The van der Waals surface area contributed by atoms with Gasteiger partial charge in [0.2, 0.25) is 0 Å². The van der Waals surface area contributed by atoms with Gasteiger partial charge in [-0.1, -0.05) is 31.9 Å². The van der Waals surface area contributed by atoms with Crippen LogP contribution in [0.25, 0.3) is 44.3 Å². The quantitative estimate of drug-likeness (QED) is 0.105. The van der Waals surface area contributed by atoms with E-state index in [1.807, 2.05) is 64.2 Å². The van der Waals surface area contributed by atoms with E-state index in [2.05, 4.69) is 57.6 Å². The molecule has 2 heterocycles. The van der Waals surface area contributed by atoms with Crippen molar-refractivity contribution in [2.24, 2.45) is 0 Å². The van der Waals surface area contributed by atoms with Gasteiger partial charge in [0.25, 0.3) is 0 Å². The molecular weight excluding hydrogens is 814 g/mol. The molecule has 0 aliphatic carbocycles. The number of ether oxygens (including phenoxy) is 3. The summed E-state index contributed by atoms with van der Waals surface area (Å²) in [7, 11) is 3.57. The first-order valence-corrected chi connectivity index (χ1v) is 18.6. The molecule has 0 saturated heterocycles. The Morgan fingerprint density at radius 3 is 1.72 bits per heavy atom. The van der Waals surface area contributed by atoms with Crippen LogP contribution in [0.15, 0.2) is 81.7 Å². The number of hydrogen-bond donors (Lipinski definition) is 3. The van der Waals surface area contributed by atoms with Crippen LogP contribution in [0.1, 0.15) is 33.6 Å². The molecule has 6 rings (SSSR count). The number of hydrogen-bond acceptors (Lipinski definition) is 7. The number of carbonyl (C=O) groups is 1. The van der Waals surface area contributed by atoms with Crippen molar-refractivity contribution in [1.29, 1.82) is 0 Å². The van der Waals surface area contributed by atoms with Crippen LogP contribution in [-0.4, -0.2) is 77.4 Å². The molecule has 0 radical (unpaired) electrons. The second-order valence-corrected chi connectivity index (χ2v) is 15.0. The zero-order valence-corrected chi connectivity index (χ0v) is 33.3. The third-order valence-electron chi connectivity index (χ3n) is 7.89. The third kappa shape index (κ3) is 10.8. The fraction of sp³-hybridized carbons (Fsp3) is 0.308. The lowest BCUT2D eigenvalue weighted by molar-refractivity contribution is 0.0292. The maximum atomic E-state index is 14.7. The van der Waals surface area contributed by atoms with Gasteiger partial charge in [0, 0.05) is 56.6 Å². The summed E-state index contributed by atoms with van der Waals surface area (Å²) >= 11 is 6.83. The zero-order valence-electron chi connectivity index (χ0n) is 30.2. The van der Waals surface area contributed by atoms with E-state index in [1.165, 1.54) is 17.0 Å². The zero-order chi connectivity index (χ0) is 38.1. The number of rotatable bonds is 12. The topological polar surface area (TPSA) is 117 Å². The maximum absolute atomic E-state index is 14.7. The van der Waals surface area contributed by atoms with Crippen molar-refractivity contribution in [2.45, 2.75) is 39.2 Å². The molecule has 0 spiro atoms. The highest BCUT2D eigenvalue weighted by atomic mass is 79.9. The fourth-order valence-corrected chi connectivity index (χ4v) is 6.03.